The van der Waals surface area contributed by atoms with Gasteiger partial charge in [0.05, 0.1) is 0 Å². The average molecular weight is 244 g/mol. The summed E-state index contributed by atoms with van der Waals surface area (Å²) in [5.74, 6) is 0. The summed E-state index contributed by atoms with van der Waals surface area (Å²) in [6, 6.07) is 12.4. The third-order valence-electron chi connectivity index (χ3n) is 4.54. The first-order chi connectivity index (χ1) is 8.83. The highest BCUT2D eigenvalue weighted by Gasteiger charge is 2.32. The lowest BCUT2D eigenvalue weighted by Crippen LogP contribution is -2.58. The van der Waals surface area contributed by atoms with Gasteiger partial charge < -0.3 is 0 Å². The number of fused-ring (bicyclic) bond motifs is 1. The molecule has 2 aliphatic rings. The standard InChI is InChI=1S/C16H24N2/c1-14-11-17-10-6-5-9-16(17)13-18(14)12-15-7-3-2-4-8-15/h2-4,7-8,14,16H,5-6,9-13H2,1H3. The number of piperazine rings is 1. The summed E-state index contributed by atoms with van der Waals surface area (Å²) in [4.78, 5) is 5.39. The van der Waals surface area contributed by atoms with E-state index in [-0.39, 0.29) is 0 Å². The van der Waals surface area contributed by atoms with E-state index in [1.165, 1.54) is 44.5 Å². The zero-order chi connectivity index (χ0) is 12.4. The normalized spacial score (nSPS) is 30.1. The van der Waals surface area contributed by atoms with Crippen molar-refractivity contribution in [1.29, 1.82) is 0 Å². The van der Waals surface area contributed by atoms with E-state index in [0.29, 0.717) is 6.04 Å². The highest BCUT2D eigenvalue weighted by molar-refractivity contribution is 5.14. The number of hydrogen-bond acceptors (Lipinski definition) is 2. The Bertz CT molecular complexity index is 376. The van der Waals surface area contributed by atoms with Gasteiger partial charge in [-0.1, -0.05) is 36.8 Å². The number of hydrogen-bond donors (Lipinski definition) is 0. The molecule has 98 valence electrons. The molecule has 2 fully saturated rings. The summed E-state index contributed by atoms with van der Waals surface area (Å²) in [6.45, 7) is 7.35. The van der Waals surface area contributed by atoms with Crippen molar-refractivity contribution >= 4 is 0 Å². The van der Waals surface area contributed by atoms with Crippen LogP contribution in [0.4, 0.5) is 0 Å². The van der Waals surface area contributed by atoms with E-state index in [1.807, 2.05) is 0 Å². The third kappa shape index (κ3) is 2.60. The molecule has 18 heavy (non-hydrogen) atoms. The van der Waals surface area contributed by atoms with Crippen molar-refractivity contribution in [3.05, 3.63) is 35.9 Å². The van der Waals surface area contributed by atoms with Gasteiger partial charge >= 0.3 is 0 Å². The molecule has 0 saturated carbocycles. The zero-order valence-corrected chi connectivity index (χ0v) is 11.4. The van der Waals surface area contributed by atoms with Gasteiger partial charge in [0, 0.05) is 31.7 Å². The topological polar surface area (TPSA) is 6.48 Å². The predicted molar refractivity (Wildman–Crippen MR) is 75.5 cm³/mol. The Hall–Kier alpha value is -0.860. The fourth-order valence-electron chi connectivity index (χ4n) is 3.45. The minimum Gasteiger partial charge on any atom is -0.298 e. The van der Waals surface area contributed by atoms with Crippen LogP contribution in [0.25, 0.3) is 0 Å². The van der Waals surface area contributed by atoms with Crippen molar-refractivity contribution in [2.75, 3.05) is 19.6 Å². The van der Waals surface area contributed by atoms with Gasteiger partial charge in [-0.25, -0.2) is 0 Å². The van der Waals surface area contributed by atoms with Gasteiger partial charge in [0.25, 0.3) is 0 Å². The van der Waals surface area contributed by atoms with Crippen LogP contribution < -0.4 is 0 Å². The maximum Gasteiger partial charge on any atom is 0.0237 e. The van der Waals surface area contributed by atoms with E-state index >= 15 is 0 Å². The molecule has 0 amide bonds. The van der Waals surface area contributed by atoms with Gasteiger partial charge in [-0.3, -0.25) is 9.80 Å². The minimum absolute atomic E-state index is 0.694. The second kappa shape index (κ2) is 5.41. The van der Waals surface area contributed by atoms with Gasteiger partial charge in [-0.15, -0.1) is 0 Å². The van der Waals surface area contributed by atoms with Gasteiger partial charge in [-0.2, -0.15) is 0 Å². The molecule has 2 atom stereocenters. The van der Waals surface area contributed by atoms with E-state index in [4.69, 9.17) is 0 Å². The van der Waals surface area contributed by atoms with Crippen molar-refractivity contribution in [2.24, 2.45) is 0 Å². The second-order valence-electron chi connectivity index (χ2n) is 5.91. The van der Waals surface area contributed by atoms with Crippen molar-refractivity contribution in [1.82, 2.24) is 9.80 Å². The van der Waals surface area contributed by atoms with Crippen LogP contribution in [0.2, 0.25) is 0 Å². The maximum absolute atomic E-state index is 2.72. The summed E-state index contributed by atoms with van der Waals surface area (Å²) in [5, 5.41) is 0. The molecule has 0 aromatic heterocycles. The average Bonchev–Trinajstić information content (AvgIpc) is 2.41. The van der Waals surface area contributed by atoms with Gasteiger partial charge in [0.2, 0.25) is 0 Å². The molecule has 2 nitrogen and oxygen atoms in total. The molecule has 2 saturated heterocycles. The Morgan fingerprint density at radius 3 is 2.78 bits per heavy atom. The summed E-state index contributed by atoms with van der Waals surface area (Å²) in [6.07, 6.45) is 4.23. The Morgan fingerprint density at radius 2 is 1.94 bits per heavy atom. The predicted octanol–water partition coefficient (Wildman–Crippen LogP) is 2.75. The first kappa shape index (κ1) is 12.2. The SMILES string of the molecule is CC1CN2CCCCC2CN1Cc1ccccc1. The highest BCUT2D eigenvalue weighted by Crippen LogP contribution is 2.25. The van der Waals surface area contributed by atoms with Crippen LogP contribution in [-0.2, 0) is 6.54 Å². The molecule has 2 heteroatoms. The molecule has 2 unspecified atom stereocenters. The zero-order valence-electron chi connectivity index (χ0n) is 11.4. The summed E-state index contributed by atoms with van der Waals surface area (Å²) in [7, 11) is 0. The van der Waals surface area contributed by atoms with Crippen molar-refractivity contribution in [3.8, 4) is 0 Å². The van der Waals surface area contributed by atoms with E-state index in [1.54, 1.807) is 0 Å². The number of piperidine rings is 1. The molecular formula is C16H24N2. The lowest BCUT2D eigenvalue weighted by atomic mass is 9.97. The van der Waals surface area contributed by atoms with E-state index in [2.05, 4.69) is 47.1 Å². The Morgan fingerprint density at radius 1 is 1.11 bits per heavy atom. The molecule has 0 N–H and O–H groups in total. The number of rotatable bonds is 2. The van der Waals surface area contributed by atoms with Gasteiger partial charge in [0.1, 0.15) is 0 Å². The van der Waals surface area contributed by atoms with Crippen LogP contribution in [0.15, 0.2) is 30.3 Å². The van der Waals surface area contributed by atoms with E-state index in [0.717, 1.165) is 12.6 Å². The molecular weight excluding hydrogens is 220 g/mol. The van der Waals surface area contributed by atoms with Crippen molar-refractivity contribution in [3.63, 3.8) is 0 Å². The number of benzene rings is 1. The number of nitrogens with zero attached hydrogens (tertiary/aromatic N) is 2. The lowest BCUT2D eigenvalue weighted by Gasteiger charge is -2.47. The molecule has 0 spiro atoms. The first-order valence-electron chi connectivity index (χ1n) is 7.35. The van der Waals surface area contributed by atoms with Crippen molar-refractivity contribution < 1.29 is 0 Å². The molecule has 0 aliphatic carbocycles. The summed E-state index contributed by atoms with van der Waals surface area (Å²) in [5.41, 5.74) is 1.45. The fraction of sp³-hybridized carbons (Fsp3) is 0.625. The van der Waals surface area contributed by atoms with Crippen LogP contribution in [-0.4, -0.2) is 41.5 Å². The molecule has 2 heterocycles. The molecule has 0 radical (unpaired) electrons. The second-order valence-corrected chi connectivity index (χ2v) is 5.91. The van der Waals surface area contributed by atoms with Crippen LogP contribution in [0, 0.1) is 0 Å². The summed E-state index contributed by atoms with van der Waals surface area (Å²) >= 11 is 0. The quantitative estimate of drug-likeness (QED) is 0.789. The molecule has 1 aromatic rings. The van der Waals surface area contributed by atoms with Crippen molar-refractivity contribution in [2.45, 2.75) is 44.8 Å². The first-order valence-corrected chi connectivity index (χ1v) is 7.35. The van der Waals surface area contributed by atoms with E-state index < -0.39 is 0 Å². The Kier molecular flexibility index (Phi) is 3.67. The van der Waals surface area contributed by atoms with Crippen LogP contribution in [0.1, 0.15) is 31.7 Å². The fourth-order valence-corrected chi connectivity index (χ4v) is 3.45. The Balaban J connectivity index is 1.65. The highest BCUT2D eigenvalue weighted by atomic mass is 15.3. The molecule has 0 bridgehead atoms. The molecule has 2 aliphatic heterocycles. The van der Waals surface area contributed by atoms with E-state index in [9.17, 15) is 0 Å². The lowest BCUT2D eigenvalue weighted by molar-refractivity contribution is 0.0111. The molecule has 3 rings (SSSR count). The largest absolute Gasteiger partial charge is 0.298 e. The van der Waals surface area contributed by atoms with Crippen LogP contribution in [0.5, 0.6) is 0 Å². The summed E-state index contributed by atoms with van der Waals surface area (Å²) < 4.78 is 0. The monoisotopic (exact) mass is 244 g/mol. The van der Waals surface area contributed by atoms with Gasteiger partial charge in [0.15, 0.2) is 0 Å². The molecule has 1 aromatic carbocycles. The van der Waals surface area contributed by atoms with Crippen LogP contribution >= 0.6 is 0 Å². The third-order valence-corrected chi connectivity index (χ3v) is 4.54. The smallest absolute Gasteiger partial charge is 0.0237 e. The van der Waals surface area contributed by atoms with Crippen LogP contribution in [0.3, 0.4) is 0 Å². The minimum atomic E-state index is 0.694. The Labute approximate surface area is 111 Å². The maximum atomic E-state index is 2.72. The van der Waals surface area contributed by atoms with Gasteiger partial charge in [-0.05, 0) is 31.9 Å².